The molecule has 30 heavy (non-hydrogen) atoms. The zero-order valence-corrected chi connectivity index (χ0v) is 18.2. The van der Waals surface area contributed by atoms with E-state index in [4.69, 9.17) is 4.98 Å². The Morgan fingerprint density at radius 1 is 1.17 bits per heavy atom. The van der Waals surface area contributed by atoms with Crippen LogP contribution in [0, 0.1) is 6.92 Å². The molecule has 0 unspecified atom stereocenters. The molecule has 0 saturated heterocycles. The summed E-state index contributed by atoms with van der Waals surface area (Å²) >= 11 is 1.56. The minimum Gasteiger partial charge on any atom is -0.307 e. The molecule has 0 aliphatic carbocycles. The number of H-pyrrole nitrogens is 1. The Morgan fingerprint density at radius 2 is 2.00 bits per heavy atom. The first-order chi connectivity index (χ1) is 14.3. The van der Waals surface area contributed by atoms with Gasteiger partial charge < -0.3 is 5.32 Å². The van der Waals surface area contributed by atoms with Gasteiger partial charge in [0.25, 0.3) is 5.91 Å². The van der Waals surface area contributed by atoms with Gasteiger partial charge in [-0.1, -0.05) is 26.8 Å². The molecule has 7 heteroatoms. The van der Waals surface area contributed by atoms with E-state index in [1.807, 2.05) is 48.7 Å². The molecule has 0 bridgehead atoms. The first-order valence-corrected chi connectivity index (χ1v) is 10.5. The van der Waals surface area contributed by atoms with Crippen molar-refractivity contribution in [2.75, 3.05) is 5.32 Å². The highest BCUT2D eigenvalue weighted by Crippen LogP contribution is 2.31. The van der Waals surface area contributed by atoms with E-state index in [-0.39, 0.29) is 11.3 Å². The molecule has 0 saturated carbocycles. The Balaban J connectivity index is 1.58. The Kier molecular flexibility index (Phi) is 5.22. The highest BCUT2D eigenvalue weighted by molar-refractivity contribution is 7.13. The van der Waals surface area contributed by atoms with E-state index in [1.165, 1.54) is 0 Å². The van der Waals surface area contributed by atoms with Crippen LogP contribution >= 0.6 is 11.3 Å². The van der Waals surface area contributed by atoms with Gasteiger partial charge in [-0.3, -0.25) is 14.9 Å². The average molecular weight is 418 g/mol. The smallest absolute Gasteiger partial charge is 0.256 e. The van der Waals surface area contributed by atoms with Crippen LogP contribution in [0.5, 0.6) is 0 Å². The van der Waals surface area contributed by atoms with Crippen molar-refractivity contribution >= 4 is 23.1 Å². The topological polar surface area (TPSA) is 83.6 Å². The van der Waals surface area contributed by atoms with Crippen molar-refractivity contribution in [3.05, 3.63) is 71.0 Å². The van der Waals surface area contributed by atoms with Gasteiger partial charge in [0.05, 0.1) is 11.4 Å². The number of nitrogens with zero attached hydrogens (tertiary/aromatic N) is 3. The highest BCUT2D eigenvalue weighted by atomic mass is 32.1. The third-order valence-corrected chi connectivity index (χ3v) is 5.67. The van der Waals surface area contributed by atoms with E-state index >= 15 is 0 Å². The second-order valence-electron chi connectivity index (χ2n) is 8.18. The summed E-state index contributed by atoms with van der Waals surface area (Å²) in [5.74, 6) is 0.391. The summed E-state index contributed by atoms with van der Waals surface area (Å²) in [6, 6.07) is 11.4. The average Bonchev–Trinajstić information content (AvgIpc) is 3.38. The Hall–Kier alpha value is -3.32. The summed E-state index contributed by atoms with van der Waals surface area (Å²) in [6.07, 6.45) is 3.55. The molecule has 2 N–H and O–H groups in total. The molecule has 4 rings (SSSR count). The molecule has 0 aliphatic rings. The lowest BCUT2D eigenvalue weighted by Gasteiger charge is -2.13. The molecule has 3 aromatic heterocycles. The fourth-order valence-electron chi connectivity index (χ4n) is 3.02. The number of pyridine rings is 1. The third-order valence-electron chi connectivity index (χ3n) is 4.78. The molecule has 0 atom stereocenters. The van der Waals surface area contributed by atoms with Gasteiger partial charge in [-0.05, 0) is 36.8 Å². The lowest BCUT2D eigenvalue weighted by atomic mass is 9.92. The maximum absolute atomic E-state index is 12.8. The quantitative estimate of drug-likeness (QED) is 0.462. The molecule has 0 fully saturated rings. The molecular weight excluding hydrogens is 394 g/mol. The van der Waals surface area contributed by atoms with Crippen LogP contribution in [0.15, 0.2) is 54.2 Å². The molecule has 4 aromatic rings. The number of aromatic nitrogens is 4. The van der Waals surface area contributed by atoms with E-state index < -0.39 is 0 Å². The lowest BCUT2D eigenvalue weighted by molar-refractivity contribution is 0.102. The molecule has 1 amide bonds. The standard InChI is InChI=1S/C23H23N5OS/c1-14-7-8-15(21(29)26-20-11-19(27-28-20)23(2,3)4)10-17(14)18-13-30-22(25-18)16-6-5-9-24-12-16/h5-13H,1-4H3,(H2,26,27,28,29). The van der Waals surface area contributed by atoms with Crippen LogP contribution in [-0.4, -0.2) is 26.1 Å². The van der Waals surface area contributed by atoms with Crippen LogP contribution in [0.1, 0.15) is 42.4 Å². The number of aryl methyl sites for hydroxylation is 1. The van der Waals surface area contributed by atoms with Crippen molar-refractivity contribution in [1.29, 1.82) is 0 Å². The summed E-state index contributed by atoms with van der Waals surface area (Å²) in [7, 11) is 0. The molecule has 0 radical (unpaired) electrons. The van der Waals surface area contributed by atoms with Crippen molar-refractivity contribution in [3.8, 4) is 21.8 Å². The van der Waals surface area contributed by atoms with Gasteiger partial charge in [-0.2, -0.15) is 5.10 Å². The van der Waals surface area contributed by atoms with Gasteiger partial charge in [-0.25, -0.2) is 4.98 Å². The van der Waals surface area contributed by atoms with Crippen LogP contribution in [-0.2, 0) is 5.41 Å². The van der Waals surface area contributed by atoms with E-state index in [9.17, 15) is 4.79 Å². The zero-order chi connectivity index (χ0) is 21.3. The lowest BCUT2D eigenvalue weighted by Crippen LogP contribution is -2.13. The number of aromatic amines is 1. The van der Waals surface area contributed by atoms with E-state index in [0.717, 1.165) is 33.1 Å². The predicted octanol–water partition coefficient (Wildman–Crippen LogP) is 5.45. The molecule has 0 aliphatic heterocycles. The number of thiazole rings is 1. The summed E-state index contributed by atoms with van der Waals surface area (Å²) in [5.41, 5.74) is 5.20. The third kappa shape index (κ3) is 4.16. The first kappa shape index (κ1) is 20.0. The largest absolute Gasteiger partial charge is 0.307 e. The number of hydrogen-bond donors (Lipinski definition) is 2. The van der Waals surface area contributed by atoms with Crippen molar-refractivity contribution in [3.63, 3.8) is 0 Å². The molecule has 1 aromatic carbocycles. The molecule has 152 valence electrons. The predicted molar refractivity (Wildman–Crippen MR) is 121 cm³/mol. The number of hydrogen-bond acceptors (Lipinski definition) is 5. The summed E-state index contributed by atoms with van der Waals surface area (Å²) in [5, 5.41) is 13.0. The number of carbonyl (C=O) groups is 1. The fraction of sp³-hybridized carbons (Fsp3) is 0.217. The fourth-order valence-corrected chi connectivity index (χ4v) is 3.83. The van der Waals surface area contributed by atoms with Gasteiger partial charge >= 0.3 is 0 Å². The van der Waals surface area contributed by atoms with Crippen LogP contribution in [0.3, 0.4) is 0 Å². The molecule has 3 heterocycles. The van der Waals surface area contributed by atoms with Crippen LogP contribution < -0.4 is 5.32 Å². The van der Waals surface area contributed by atoms with Crippen molar-refractivity contribution in [2.45, 2.75) is 33.1 Å². The number of amides is 1. The van der Waals surface area contributed by atoms with Gasteiger partial charge in [0.2, 0.25) is 0 Å². The van der Waals surface area contributed by atoms with Crippen LogP contribution in [0.2, 0.25) is 0 Å². The number of rotatable bonds is 4. The van der Waals surface area contributed by atoms with Gasteiger partial charge in [0.1, 0.15) is 10.8 Å². The number of carbonyl (C=O) groups excluding carboxylic acids is 1. The van der Waals surface area contributed by atoms with Crippen LogP contribution in [0.4, 0.5) is 5.82 Å². The van der Waals surface area contributed by atoms with E-state index in [1.54, 1.807) is 23.7 Å². The summed E-state index contributed by atoms with van der Waals surface area (Å²) in [6.45, 7) is 8.25. The first-order valence-electron chi connectivity index (χ1n) is 9.65. The monoisotopic (exact) mass is 417 g/mol. The number of nitrogens with one attached hydrogen (secondary N) is 2. The molecule has 0 spiro atoms. The number of anilines is 1. The molecule has 6 nitrogen and oxygen atoms in total. The Morgan fingerprint density at radius 3 is 2.70 bits per heavy atom. The van der Waals surface area contributed by atoms with Gasteiger partial charge in [0.15, 0.2) is 0 Å². The van der Waals surface area contributed by atoms with Crippen molar-refractivity contribution < 1.29 is 4.79 Å². The highest BCUT2D eigenvalue weighted by Gasteiger charge is 2.19. The second-order valence-corrected chi connectivity index (χ2v) is 9.04. The maximum Gasteiger partial charge on any atom is 0.256 e. The second kappa shape index (κ2) is 7.84. The SMILES string of the molecule is Cc1ccc(C(=O)Nc2cc(C(C)(C)C)n[nH]2)cc1-c1csc(-c2cccnc2)n1. The van der Waals surface area contributed by atoms with Crippen LogP contribution in [0.25, 0.3) is 21.8 Å². The maximum atomic E-state index is 12.8. The minimum atomic E-state index is -0.192. The Bertz CT molecular complexity index is 1190. The van der Waals surface area contributed by atoms with Crippen molar-refractivity contribution in [2.24, 2.45) is 0 Å². The number of benzene rings is 1. The normalized spacial score (nSPS) is 11.5. The van der Waals surface area contributed by atoms with E-state index in [2.05, 4.69) is 41.3 Å². The van der Waals surface area contributed by atoms with Gasteiger partial charge in [0, 0.05) is 45.9 Å². The zero-order valence-electron chi connectivity index (χ0n) is 17.4. The Labute approximate surface area is 179 Å². The summed E-state index contributed by atoms with van der Waals surface area (Å²) in [4.78, 5) is 21.7. The van der Waals surface area contributed by atoms with Gasteiger partial charge in [-0.15, -0.1) is 11.3 Å². The minimum absolute atomic E-state index is 0.0902. The molecular formula is C23H23N5OS. The summed E-state index contributed by atoms with van der Waals surface area (Å²) < 4.78 is 0. The van der Waals surface area contributed by atoms with E-state index in [0.29, 0.717) is 11.4 Å². The van der Waals surface area contributed by atoms with Crippen molar-refractivity contribution in [1.82, 2.24) is 20.2 Å².